The summed E-state index contributed by atoms with van der Waals surface area (Å²) in [6, 6.07) is 3.49. The van der Waals surface area contributed by atoms with Crippen molar-refractivity contribution in [1.82, 2.24) is 9.97 Å². The molecular formula is C13H13BrN4O. The Labute approximate surface area is 119 Å². The molecule has 98 valence electrons. The number of hydrogen-bond donors (Lipinski definition) is 2. The van der Waals surface area contributed by atoms with E-state index in [1.807, 2.05) is 6.92 Å². The lowest BCUT2D eigenvalue weighted by Crippen LogP contribution is -2.15. The van der Waals surface area contributed by atoms with Crippen LogP contribution in [0.3, 0.4) is 0 Å². The molecule has 2 N–H and O–H groups in total. The zero-order chi connectivity index (χ0) is 13.8. The van der Waals surface area contributed by atoms with Crippen molar-refractivity contribution in [2.45, 2.75) is 6.92 Å². The molecule has 0 saturated heterocycles. The van der Waals surface area contributed by atoms with Crippen LogP contribution in [-0.4, -0.2) is 22.9 Å². The molecule has 0 fully saturated rings. The first-order valence-corrected chi connectivity index (χ1v) is 6.46. The van der Waals surface area contributed by atoms with Gasteiger partial charge in [-0.2, -0.15) is 0 Å². The SMILES string of the molecule is CNc1ncc(Br)cc1C(=O)Nc1ccncc1C. The number of aryl methyl sites for hydroxylation is 1. The highest BCUT2D eigenvalue weighted by Crippen LogP contribution is 2.20. The summed E-state index contributed by atoms with van der Waals surface area (Å²) in [6.45, 7) is 1.89. The van der Waals surface area contributed by atoms with Gasteiger partial charge < -0.3 is 10.6 Å². The third-order valence-corrected chi connectivity index (χ3v) is 3.04. The first-order valence-electron chi connectivity index (χ1n) is 5.67. The number of anilines is 2. The highest BCUT2D eigenvalue weighted by Gasteiger charge is 2.13. The molecule has 0 aromatic carbocycles. The maximum atomic E-state index is 12.3. The van der Waals surface area contributed by atoms with Crippen LogP contribution in [0.15, 0.2) is 35.2 Å². The predicted octanol–water partition coefficient (Wildman–Crippen LogP) is 2.84. The van der Waals surface area contributed by atoms with Crippen LogP contribution < -0.4 is 10.6 Å². The van der Waals surface area contributed by atoms with E-state index in [0.717, 1.165) is 15.7 Å². The zero-order valence-electron chi connectivity index (χ0n) is 10.6. The summed E-state index contributed by atoms with van der Waals surface area (Å²) in [7, 11) is 1.73. The Balaban J connectivity index is 2.30. The van der Waals surface area contributed by atoms with E-state index in [1.54, 1.807) is 37.8 Å². The van der Waals surface area contributed by atoms with Crippen molar-refractivity contribution in [3.63, 3.8) is 0 Å². The Hall–Kier alpha value is -1.95. The maximum Gasteiger partial charge on any atom is 0.259 e. The molecule has 6 heteroatoms. The monoisotopic (exact) mass is 320 g/mol. The van der Waals surface area contributed by atoms with Crippen LogP contribution in [0, 0.1) is 6.92 Å². The number of amides is 1. The van der Waals surface area contributed by atoms with E-state index in [0.29, 0.717) is 11.4 Å². The lowest BCUT2D eigenvalue weighted by molar-refractivity contribution is 0.102. The molecule has 2 aromatic rings. The quantitative estimate of drug-likeness (QED) is 0.912. The van der Waals surface area contributed by atoms with E-state index in [1.165, 1.54) is 0 Å². The lowest BCUT2D eigenvalue weighted by Gasteiger charge is -2.10. The van der Waals surface area contributed by atoms with Crippen LogP contribution >= 0.6 is 15.9 Å². The fourth-order valence-corrected chi connectivity index (χ4v) is 1.95. The van der Waals surface area contributed by atoms with E-state index in [-0.39, 0.29) is 5.91 Å². The summed E-state index contributed by atoms with van der Waals surface area (Å²) in [5, 5.41) is 5.75. The molecule has 2 aromatic heterocycles. The average molecular weight is 321 g/mol. The molecule has 0 aliphatic carbocycles. The highest BCUT2D eigenvalue weighted by molar-refractivity contribution is 9.10. The Morgan fingerprint density at radius 3 is 2.84 bits per heavy atom. The number of hydrogen-bond acceptors (Lipinski definition) is 4. The van der Waals surface area contributed by atoms with Gasteiger partial charge in [-0.05, 0) is 40.5 Å². The van der Waals surface area contributed by atoms with Gasteiger partial charge in [-0.1, -0.05) is 0 Å². The topological polar surface area (TPSA) is 66.9 Å². The van der Waals surface area contributed by atoms with Gasteiger partial charge >= 0.3 is 0 Å². The van der Waals surface area contributed by atoms with Gasteiger partial charge in [0.25, 0.3) is 5.91 Å². The molecule has 0 aliphatic rings. The predicted molar refractivity (Wildman–Crippen MR) is 78.4 cm³/mol. The van der Waals surface area contributed by atoms with Crippen LogP contribution in [0.2, 0.25) is 0 Å². The summed E-state index contributed by atoms with van der Waals surface area (Å²) >= 11 is 3.31. The van der Waals surface area contributed by atoms with Crippen molar-refractivity contribution in [2.24, 2.45) is 0 Å². The Kier molecular flexibility index (Phi) is 4.11. The molecule has 19 heavy (non-hydrogen) atoms. The van der Waals surface area contributed by atoms with Gasteiger partial charge in [-0.15, -0.1) is 0 Å². The van der Waals surface area contributed by atoms with Crippen molar-refractivity contribution in [1.29, 1.82) is 0 Å². The standard InChI is InChI=1S/C13H13BrN4O/c1-8-6-16-4-3-11(8)18-13(19)10-5-9(14)7-17-12(10)15-2/h3-7H,1-2H3,(H,15,17)(H,16,18,19). The smallest absolute Gasteiger partial charge is 0.259 e. The molecule has 0 radical (unpaired) electrons. The minimum absolute atomic E-state index is 0.215. The summed E-state index contributed by atoms with van der Waals surface area (Å²) in [6.07, 6.45) is 4.98. The second kappa shape index (κ2) is 5.79. The fourth-order valence-electron chi connectivity index (χ4n) is 1.61. The molecule has 2 heterocycles. The van der Waals surface area contributed by atoms with Gasteiger partial charge in [0.15, 0.2) is 0 Å². The van der Waals surface area contributed by atoms with Crippen LogP contribution in [0.4, 0.5) is 11.5 Å². The molecular weight excluding hydrogens is 308 g/mol. The number of halogens is 1. The van der Waals surface area contributed by atoms with E-state index >= 15 is 0 Å². The van der Waals surface area contributed by atoms with Gasteiger partial charge in [0.2, 0.25) is 0 Å². The number of nitrogens with one attached hydrogen (secondary N) is 2. The number of pyridine rings is 2. The molecule has 2 rings (SSSR count). The minimum atomic E-state index is -0.215. The third-order valence-electron chi connectivity index (χ3n) is 2.60. The first-order chi connectivity index (χ1) is 9.11. The Morgan fingerprint density at radius 1 is 1.37 bits per heavy atom. The second-order valence-corrected chi connectivity index (χ2v) is 4.86. The minimum Gasteiger partial charge on any atom is -0.372 e. The molecule has 5 nitrogen and oxygen atoms in total. The van der Waals surface area contributed by atoms with Gasteiger partial charge in [0.05, 0.1) is 5.56 Å². The Morgan fingerprint density at radius 2 is 2.16 bits per heavy atom. The molecule has 0 atom stereocenters. The van der Waals surface area contributed by atoms with E-state index in [9.17, 15) is 4.79 Å². The van der Waals surface area contributed by atoms with E-state index in [2.05, 4.69) is 36.5 Å². The van der Waals surface area contributed by atoms with E-state index in [4.69, 9.17) is 0 Å². The maximum absolute atomic E-state index is 12.3. The normalized spacial score (nSPS) is 10.1. The molecule has 0 saturated carbocycles. The number of carbonyl (C=O) groups excluding carboxylic acids is 1. The molecule has 0 aliphatic heterocycles. The average Bonchev–Trinajstić information content (AvgIpc) is 2.41. The van der Waals surface area contributed by atoms with E-state index < -0.39 is 0 Å². The lowest BCUT2D eigenvalue weighted by atomic mass is 10.2. The number of carbonyl (C=O) groups is 1. The first kappa shape index (κ1) is 13.5. The Bertz CT molecular complexity index is 615. The third kappa shape index (κ3) is 3.08. The van der Waals surface area contributed by atoms with Crippen molar-refractivity contribution in [2.75, 3.05) is 17.7 Å². The summed E-state index contributed by atoms with van der Waals surface area (Å²) in [5.41, 5.74) is 2.12. The van der Waals surface area contributed by atoms with Crippen molar-refractivity contribution >= 4 is 33.3 Å². The van der Waals surface area contributed by atoms with Gasteiger partial charge in [0.1, 0.15) is 5.82 Å². The van der Waals surface area contributed by atoms with Crippen molar-refractivity contribution in [3.05, 3.63) is 46.3 Å². The number of aromatic nitrogens is 2. The summed E-state index contributed by atoms with van der Waals surface area (Å²) < 4.78 is 0.753. The van der Waals surface area contributed by atoms with Crippen LogP contribution in [0.5, 0.6) is 0 Å². The van der Waals surface area contributed by atoms with Crippen LogP contribution in [0.25, 0.3) is 0 Å². The largest absolute Gasteiger partial charge is 0.372 e. The van der Waals surface area contributed by atoms with Gasteiger partial charge in [-0.25, -0.2) is 4.98 Å². The van der Waals surface area contributed by atoms with Crippen molar-refractivity contribution < 1.29 is 4.79 Å². The fraction of sp³-hybridized carbons (Fsp3) is 0.154. The van der Waals surface area contributed by atoms with Crippen LogP contribution in [-0.2, 0) is 0 Å². The molecule has 0 bridgehead atoms. The highest BCUT2D eigenvalue weighted by atomic mass is 79.9. The van der Waals surface area contributed by atoms with Crippen LogP contribution in [0.1, 0.15) is 15.9 Å². The summed E-state index contributed by atoms with van der Waals surface area (Å²) in [5.74, 6) is 0.319. The van der Waals surface area contributed by atoms with Crippen molar-refractivity contribution in [3.8, 4) is 0 Å². The van der Waals surface area contributed by atoms with Gasteiger partial charge in [-0.3, -0.25) is 9.78 Å². The number of nitrogens with zero attached hydrogens (tertiary/aromatic N) is 2. The molecule has 1 amide bonds. The number of rotatable bonds is 3. The second-order valence-electron chi connectivity index (χ2n) is 3.94. The molecule has 0 spiro atoms. The zero-order valence-corrected chi connectivity index (χ0v) is 12.2. The summed E-state index contributed by atoms with van der Waals surface area (Å²) in [4.78, 5) is 20.4. The van der Waals surface area contributed by atoms with Gasteiger partial charge in [0, 0.05) is 35.8 Å². The molecule has 0 unspecified atom stereocenters.